The van der Waals surface area contributed by atoms with Gasteiger partial charge >= 0.3 is 0 Å². The van der Waals surface area contributed by atoms with E-state index in [0.29, 0.717) is 5.92 Å². The average molecular weight is 359 g/mol. The second-order valence-electron chi connectivity index (χ2n) is 6.06. The van der Waals surface area contributed by atoms with Crippen molar-refractivity contribution in [3.05, 3.63) is 24.5 Å². The minimum Gasteiger partial charge on any atom is -0.346 e. The Morgan fingerprint density at radius 2 is 2.00 bits per heavy atom. The summed E-state index contributed by atoms with van der Waals surface area (Å²) in [5.74, 6) is 0.778. The predicted octanol–water partition coefficient (Wildman–Crippen LogP) is 3.50. The molecule has 0 bridgehead atoms. The van der Waals surface area contributed by atoms with Crippen molar-refractivity contribution in [1.82, 2.24) is 9.97 Å². The molecule has 1 amide bonds. The summed E-state index contributed by atoms with van der Waals surface area (Å²) >= 11 is 0. The van der Waals surface area contributed by atoms with Gasteiger partial charge in [0.1, 0.15) is 5.65 Å². The van der Waals surface area contributed by atoms with Crippen LogP contribution in [-0.2, 0) is 4.79 Å². The van der Waals surface area contributed by atoms with E-state index in [1.54, 1.807) is 6.20 Å². The number of nitrogens with two attached hydrogens (primary N) is 1. The van der Waals surface area contributed by atoms with Gasteiger partial charge in [-0.3, -0.25) is 4.79 Å². The lowest BCUT2D eigenvalue weighted by molar-refractivity contribution is -0.121. The van der Waals surface area contributed by atoms with Crippen molar-refractivity contribution >= 4 is 47.4 Å². The van der Waals surface area contributed by atoms with Gasteiger partial charge in [-0.15, -0.1) is 24.8 Å². The molecule has 5 nitrogen and oxygen atoms in total. The largest absolute Gasteiger partial charge is 0.346 e. The number of pyridine rings is 1. The van der Waals surface area contributed by atoms with Crippen LogP contribution >= 0.6 is 24.8 Å². The number of nitrogens with one attached hydrogen (secondary N) is 2. The molecule has 1 fully saturated rings. The summed E-state index contributed by atoms with van der Waals surface area (Å²) in [5, 5.41) is 4.01. The van der Waals surface area contributed by atoms with E-state index >= 15 is 0 Å². The maximum absolute atomic E-state index is 12.4. The number of hydrogen-bond donors (Lipinski definition) is 3. The number of anilines is 1. The Morgan fingerprint density at radius 1 is 1.30 bits per heavy atom. The van der Waals surface area contributed by atoms with Crippen LogP contribution in [0.5, 0.6) is 0 Å². The lowest BCUT2D eigenvalue weighted by Crippen LogP contribution is -2.33. The molecular weight excluding hydrogens is 335 g/mol. The number of aromatic nitrogens is 2. The molecule has 4 N–H and O–H groups in total. The van der Waals surface area contributed by atoms with Crippen molar-refractivity contribution < 1.29 is 4.79 Å². The predicted molar refractivity (Wildman–Crippen MR) is 98.3 cm³/mol. The molecule has 1 atom stereocenters. The second-order valence-corrected chi connectivity index (χ2v) is 6.06. The summed E-state index contributed by atoms with van der Waals surface area (Å²) in [6, 6.07) is 4.01. The Balaban J connectivity index is 0.00000132. The number of H-pyrrole nitrogens is 1. The van der Waals surface area contributed by atoms with Crippen LogP contribution in [0, 0.1) is 11.8 Å². The summed E-state index contributed by atoms with van der Waals surface area (Å²) in [5.41, 5.74) is 7.59. The van der Waals surface area contributed by atoms with Crippen LogP contribution in [0.4, 0.5) is 5.69 Å². The highest BCUT2D eigenvalue weighted by Gasteiger charge is 2.28. The standard InChI is InChI=1S/C16H22N4O.2ClH/c1-10(17)11-2-4-12(5-3-11)16(21)20-14-7-9-19-15-13(14)6-8-18-15;;/h6-12H,2-5,17H2,1H3,(H2,18,19,20,21);2*1H/t10?,11-,12-;;. The van der Waals surface area contributed by atoms with E-state index < -0.39 is 0 Å². The molecule has 2 aromatic heterocycles. The molecule has 0 aromatic carbocycles. The van der Waals surface area contributed by atoms with Crippen LogP contribution in [0.15, 0.2) is 24.5 Å². The van der Waals surface area contributed by atoms with Crippen molar-refractivity contribution in [3.63, 3.8) is 0 Å². The number of halogens is 2. The van der Waals surface area contributed by atoms with Gasteiger partial charge in [0.2, 0.25) is 5.91 Å². The number of carbonyl (C=O) groups is 1. The van der Waals surface area contributed by atoms with Gasteiger partial charge in [-0.05, 0) is 50.7 Å². The number of carbonyl (C=O) groups excluding carboxylic acids is 1. The highest BCUT2D eigenvalue weighted by atomic mass is 35.5. The van der Waals surface area contributed by atoms with Crippen LogP contribution < -0.4 is 11.1 Å². The van der Waals surface area contributed by atoms with Crippen LogP contribution in [0.3, 0.4) is 0 Å². The first-order valence-corrected chi connectivity index (χ1v) is 7.63. The molecule has 2 aromatic rings. The number of aromatic amines is 1. The van der Waals surface area contributed by atoms with Gasteiger partial charge in [-0.2, -0.15) is 0 Å². The molecule has 128 valence electrons. The van der Waals surface area contributed by atoms with E-state index in [9.17, 15) is 4.79 Å². The fourth-order valence-corrected chi connectivity index (χ4v) is 3.21. The maximum Gasteiger partial charge on any atom is 0.227 e. The second kappa shape index (κ2) is 8.52. The van der Waals surface area contributed by atoms with E-state index in [4.69, 9.17) is 5.73 Å². The number of rotatable bonds is 3. The van der Waals surface area contributed by atoms with Crippen LogP contribution in [0.2, 0.25) is 0 Å². The topological polar surface area (TPSA) is 83.8 Å². The normalized spacial score (nSPS) is 21.8. The Hall–Kier alpha value is -1.30. The van der Waals surface area contributed by atoms with Crippen LogP contribution in [-0.4, -0.2) is 21.9 Å². The van der Waals surface area contributed by atoms with Crippen molar-refractivity contribution in [2.24, 2.45) is 17.6 Å². The van der Waals surface area contributed by atoms with Gasteiger partial charge in [0.05, 0.1) is 5.69 Å². The molecule has 0 saturated heterocycles. The van der Waals surface area contributed by atoms with Gasteiger partial charge in [0.15, 0.2) is 0 Å². The Morgan fingerprint density at radius 3 is 2.65 bits per heavy atom. The van der Waals surface area contributed by atoms with Gasteiger partial charge in [-0.25, -0.2) is 4.98 Å². The zero-order valence-corrected chi connectivity index (χ0v) is 14.8. The maximum atomic E-state index is 12.4. The molecule has 2 heterocycles. The smallest absolute Gasteiger partial charge is 0.227 e. The van der Waals surface area contributed by atoms with E-state index in [1.165, 1.54) is 0 Å². The Bertz CT molecular complexity index is 636. The molecule has 1 saturated carbocycles. The highest BCUT2D eigenvalue weighted by molar-refractivity contribution is 6.00. The van der Waals surface area contributed by atoms with Crippen molar-refractivity contribution in [2.45, 2.75) is 38.6 Å². The van der Waals surface area contributed by atoms with E-state index in [1.807, 2.05) is 18.3 Å². The third kappa shape index (κ3) is 4.37. The van der Waals surface area contributed by atoms with Crippen LogP contribution in [0.25, 0.3) is 11.0 Å². The van der Waals surface area contributed by atoms with Gasteiger partial charge in [-0.1, -0.05) is 0 Å². The average Bonchev–Trinajstić information content (AvgIpc) is 2.97. The minimum atomic E-state index is 0. The first-order valence-electron chi connectivity index (χ1n) is 7.63. The molecule has 0 aliphatic heterocycles. The van der Waals surface area contributed by atoms with Gasteiger partial charge < -0.3 is 16.0 Å². The minimum absolute atomic E-state index is 0. The van der Waals surface area contributed by atoms with Crippen molar-refractivity contribution in [1.29, 1.82) is 0 Å². The lowest BCUT2D eigenvalue weighted by Gasteiger charge is -2.30. The highest BCUT2D eigenvalue weighted by Crippen LogP contribution is 2.31. The first kappa shape index (κ1) is 19.7. The molecule has 23 heavy (non-hydrogen) atoms. The fraction of sp³-hybridized carbons (Fsp3) is 0.500. The molecule has 1 unspecified atom stereocenters. The Kier molecular flexibility index (Phi) is 7.32. The van der Waals surface area contributed by atoms with Crippen molar-refractivity contribution in [3.8, 4) is 0 Å². The molecular formula is C16H24Cl2N4O. The van der Waals surface area contributed by atoms with Gasteiger partial charge in [0.25, 0.3) is 0 Å². The molecule has 1 aliphatic rings. The summed E-state index contributed by atoms with van der Waals surface area (Å²) in [6.07, 6.45) is 7.50. The molecule has 1 aliphatic carbocycles. The molecule has 3 rings (SSSR count). The zero-order chi connectivity index (χ0) is 14.8. The van der Waals surface area contributed by atoms with Crippen molar-refractivity contribution in [2.75, 3.05) is 5.32 Å². The number of amides is 1. The third-order valence-electron chi connectivity index (χ3n) is 4.60. The third-order valence-corrected chi connectivity index (χ3v) is 4.60. The number of hydrogen-bond acceptors (Lipinski definition) is 3. The first-order chi connectivity index (χ1) is 10.1. The molecule has 0 spiro atoms. The SMILES string of the molecule is CC(N)[C@H]1CC[C@H](C(=O)Nc2ccnc3[nH]ccc23)CC1.Cl.Cl. The Labute approximate surface area is 148 Å². The quantitative estimate of drug-likeness (QED) is 0.784. The number of nitrogens with zero attached hydrogens (tertiary/aromatic N) is 1. The summed E-state index contributed by atoms with van der Waals surface area (Å²) < 4.78 is 0. The molecule has 0 radical (unpaired) electrons. The number of fused-ring (bicyclic) bond motifs is 1. The zero-order valence-electron chi connectivity index (χ0n) is 13.1. The summed E-state index contributed by atoms with van der Waals surface area (Å²) in [6.45, 7) is 2.06. The molecule has 7 heteroatoms. The van der Waals surface area contributed by atoms with E-state index in [0.717, 1.165) is 42.4 Å². The van der Waals surface area contributed by atoms with Crippen LogP contribution in [0.1, 0.15) is 32.6 Å². The monoisotopic (exact) mass is 358 g/mol. The fourth-order valence-electron chi connectivity index (χ4n) is 3.21. The summed E-state index contributed by atoms with van der Waals surface area (Å²) in [7, 11) is 0. The van der Waals surface area contributed by atoms with E-state index in [2.05, 4.69) is 22.2 Å². The lowest BCUT2D eigenvalue weighted by atomic mass is 9.79. The van der Waals surface area contributed by atoms with Gasteiger partial charge in [0, 0.05) is 29.7 Å². The van der Waals surface area contributed by atoms with E-state index in [-0.39, 0.29) is 42.7 Å². The summed E-state index contributed by atoms with van der Waals surface area (Å²) in [4.78, 5) is 19.7.